The summed E-state index contributed by atoms with van der Waals surface area (Å²) < 4.78 is 48.5. The van der Waals surface area contributed by atoms with Crippen LogP contribution < -0.4 is 14.4 Å². The van der Waals surface area contributed by atoms with E-state index >= 15 is 0 Å². The normalized spacial score (nSPS) is 29.7. The zero-order valence-electron chi connectivity index (χ0n) is 29.7. The molecule has 0 aromatic heterocycles. The summed E-state index contributed by atoms with van der Waals surface area (Å²) in [5, 5.41) is 0.707. The van der Waals surface area contributed by atoms with Crippen molar-refractivity contribution in [3.8, 4) is 5.75 Å². The number of nitrogens with zero attached hydrogens (tertiary/aromatic N) is 3. The van der Waals surface area contributed by atoms with Crippen molar-refractivity contribution in [1.29, 1.82) is 0 Å². The summed E-state index contributed by atoms with van der Waals surface area (Å²) in [7, 11) is -4.22. The van der Waals surface area contributed by atoms with Crippen LogP contribution in [0.15, 0.2) is 53.4 Å². The van der Waals surface area contributed by atoms with Crippen LogP contribution in [0.3, 0.4) is 0 Å². The van der Waals surface area contributed by atoms with Crippen LogP contribution in [0.5, 0.6) is 5.75 Å². The van der Waals surface area contributed by atoms with E-state index in [0.717, 1.165) is 32.1 Å². The van der Waals surface area contributed by atoms with Crippen molar-refractivity contribution in [1.82, 2.24) is 14.5 Å². The number of aryl methyl sites for hydroxylation is 1. The summed E-state index contributed by atoms with van der Waals surface area (Å²) in [5.74, 6) is 0.194. The third-order valence-electron chi connectivity index (χ3n) is 11.8. The van der Waals surface area contributed by atoms with Gasteiger partial charge in [0.1, 0.15) is 11.9 Å². The summed E-state index contributed by atoms with van der Waals surface area (Å²) in [6, 6.07) is 11.0. The van der Waals surface area contributed by atoms with Gasteiger partial charge in [0.2, 0.25) is 0 Å². The molecule has 1 saturated carbocycles. The van der Waals surface area contributed by atoms with Gasteiger partial charge < -0.3 is 24.0 Å². The lowest BCUT2D eigenvalue weighted by molar-refractivity contribution is -0.129. The summed E-state index contributed by atoms with van der Waals surface area (Å²) >= 11 is 6.45. The number of nitrogens with one attached hydrogen (secondary N) is 1. The Labute approximate surface area is 306 Å². The second kappa shape index (κ2) is 14.2. The van der Waals surface area contributed by atoms with Gasteiger partial charge in [0.15, 0.2) is 0 Å². The third kappa shape index (κ3) is 7.09. The molecule has 0 radical (unpaired) electrons. The van der Waals surface area contributed by atoms with E-state index in [9.17, 15) is 18.0 Å². The molecule has 1 spiro atoms. The molecule has 3 heterocycles. The largest absolute Gasteiger partial charge is 0.490 e. The molecule has 1 saturated heterocycles. The van der Waals surface area contributed by atoms with E-state index in [1.807, 2.05) is 30.0 Å². The van der Waals surface area contributed by atoms with Crippen LogP contribution in [0.2, 0.25) is 5.02 Å². The molecule has 2 aliphatic carbocycles. The zero-order valence-corrected chi connectivity index (χ0v) is 31.3. The maximum absolute atomic E-state index is 13.9. The summed E-state index contributed by atoms with van der Waals surface area (Å²) in [4.78, 5) is 33.1. The number of fused-ring (bicyclic) bond motifs is 4. The predicted molar refractivity (Wildman–Crippen MR) is 195 cm³/mol. The van der Waals surface area contributed by atoms with Gasteiger partial charge in [-0.25, -0.2) is 17.9 Å². The Kier molecular flexibility index (Phi) is 10.1. The molecule has 2 bridgehead atoms. The Morgan fingerprint density at radius 2 is 1.92 bits per heavy atom. The molecule has 7 rings (SSSR count). The van der Waals surface area contributed by atoms with E-state index in [1.54, 1.807) is 30.9 Å². The van der Waals surface area contributed by atoms with Crippen LogP contribution in [0, 0.1) is 11.8 Å². The number of ether oxygens (including phenoxy) is 3. The lowest BCUT2D eigenvalue weighted by atomic mass is 9.68. The molecular formula is C38H49ClN4O7S. The van der Waals surface area contributed by atoms with Crippen molar-refractivity contribution in [3.05, 3.63) is 64.7 Å². The second-order valence-corrected chi connectivity index (χ2v) is 17.3. The molecular weight excluding hydrogens is 692 g/mol. The smallest absolute Gasteiger partial charge is 0.410 e. The second-order valence-electron chi connectivity index (χ2n) is 15.1. The van der Waals surface area contributed by atoms with Gasteiger partial charge in [-0.1, -0.05) is 30.7 Å². The Balaban J connectivity index is 1.29. The summed E-state index contributed by atoms with van der Waals surface area (Å²) in [5.41, 5.74) is 1.60. The molecule has 276 valence electrons. The molecule has 11 nitrogen and oxygen atoms in total. The van der Waals surface area contributed by atoms with Crippen molar-refractivity contribution in [3.63, 3.8) is 0 Å². The van der Waals surface area contributed by atoms with Gasteiger partial charge in [0.25, 0.3) is 15.9 Å². The van der Waals surface area contributed by atoms with Crippen molar-refractivity contribution < 1.29 is 32.2 Å². The monoisotopic (exact) mass is 740 g/mol. The number of carbonyl (C=O) groups excluding carboxylic acids is 2. The van der Waals surface area contributed by atoms with E-state index < -0.39 is 27.6 Å². The SMILES string of the molecule is CCN1C/C=C/[C@H](OC(=O)N2CCOCC2)[C@@H]2CC[C@H]2CN2C[C@@]3(CCCc4cc(Cl)ccc43)COc3ccc(cc32)S(=O)(=O)NC(=O)C1(C)C. The van der Waals surface area contributed by atoms with Crippen molar-refractivity contribution in [2.24, 2.45) is 11.8 Å². The van der Waals surface area contributed by atoms with E-state index in [-0.39, 0.29) is 28.2 Å². The van der Waals surface area contributed by atoms with Gasteiger partial charge in [-0.05, 0) is 106 Å². The van der Waals surface area contributed by atoms with Crippen LogP contribution >= 0.6 is 11.6 Å². The first-order valence-corrected chi connectivity index (χ1v) is 20.1. The lowest BCUT2D eigenvalue weighted by Crippen LogP contribution is -2.56. The number of hydrogen-bond acceptors (Lipinski definition) is 9. The van der Waals surface area contributed by atoms with Gasteiger partial charge in [-0.3, -0.25) is 9.69 Å². The first kappa shape index (κ1) is 36.1. The van der Waals surface area contributed by atoms with Crippen LogP contribution in [-0.2, 0) is 36.1 Å². The number of halogens is 1. The molecule has 2 aromatic carbocycles. The van der Waals surface area contributed by atoms with Crippen LogP contribution in [-0.4, -0.2) is 101 Å². The molecule has 13 heteroatoms. The molecule has 0 unspecified atom stereocenters. The van der Waals surface area contributed by atoms with E-state index in [1.165, 1.54) is 17.2 Å². The van der Waals surface area contributed by atoms with Crippen molar-refractivity contribution in [2.45, 2.75) is 74.8 Å². The molecule has 1 N–H and O–H groups in total. The minimum atomic E-state index is -4.22. The molecule has 2 amide bonds. The molecule has 51 heavy (non-hydrogen) atoms. The van der Waals surface area contributed by atoms with Gasteiger partial charge in [-0.2, -0.15) is 0 Å². The number of likely N-dealkylation sites (N-methyl/N-ethyl adjacent to an activating group) is 1. The topological polar surface area (TPSA) is 118 Å². The number of rotatable bonds is 2. The Morgan fingerprint density at radius 3 is 2.67 bits per heavy atom. The maximum atomic E-state index is 13.9. The summed E-state index contributed by atoms with van der Waals surface area (Å²) in [6.07, 6.45) is 7.76. The fourth-order valence-corrected chi connectivity index (χ4v) is 9.85. The van der Waals surface area contributed by atoms with Crippen LogP contribution in [0.4, 0.5) is 10.5 Å². The molecule has 2 fully saturated rings. The number of benzene rings is 2. The minimum Gasteiger partial charge on any atom is -0.490 e. The third-order valence-corrected chi connectivity index (χ3v) is 13.3. The average Bonchev–Trinajstić information content (AvgIpc) is 3.24. The number of carbonyl (C=O) groups is 2. The van der Waals surface area contributed by atoms with Crippen molar-refractivity contribution in [2.75, 3.05) is 64.0 Å². The van der Waals surface area contributed by atoms with E-state index in [2.05, 4.69) is 21.8 Å². The summed E-state index contributed by atoms with van der Waals surface area (Å²) in [6.45, 7) is 9.84. The first-order chi connectivity index (χ1) is 24.4. The van der Waals surface area contributed by atoms with Gasteiger partial charge >= 0.3 is 6.09 Å². The highest BCUT2D eigenvalue weighted by Crippen LogP contribution is 2.47. The van der Waals surface area contributed by atoms with Crippen molar-refractivity contribution >= 4 is 39.3 Å². The fraction of sp³-hybridized carbons (Fsp3) is 0.579. The van der Waals surface area contributed by atoms with E-state index in [4.69, 9.17) is 25.8 Å². The quantitative estimate of drug-likeness (QED) is 0.418. The van der Waals surface area contributed by atoms with Gasteiger partial charge in [0.05, 0.1) is 35.9 Å². The van der Waals surface area contributed by atoms with Crippen LogP contribution in [0.1, 0.15) is 57.6 Å². The van der Waals surface area contributed by atoms with Gasteiger partial charge in [0, 0.05) is 49.1 Å². The first-order valence-electron chi connectivity index (χ1n) is 18.2. The molecule has 2 aromatic rings. The molecule has 5 aliphatic rings. The molecule has 3 aliphatic heterocycles. The Bertz CT molecular complexity index is 1800. The highest BCUT2D eigenvalue weighted by molar-refractivity contribution is 7.90. The number of amides is 2. The number of anilines is 1. The zero-order chi connectivity index (χ0) is 36.0. The van der Waals surface area contributed by atoms with Gasteiger partial charge in [-0.15, -0.1) is 0 Å². The lowest BCUT2D eigenvalue weighted by Gasteiger charge is -2.46. The standard InChI is InChI=1S/C38H49ClN4O7S/c1-4-43-16-6-8-33(50-36(45)41-17-19-48-20-18-41)30-12-9-27(30)23-42-24-38(15-5-7-26-21-28(39)10-13-31(26)38)25-49-34-14-11-29(22-32(34)42)51(46,47)40-35(44)37(43,2)3/h6,8,10-11,13-14,21-22,27,30,33H,4-5,7,9,12,15-20,23-25H2,1-3H3,(H,40,44)/b8-6+/t27-,30+,33-,38-/m0/s1. The van der Waals surface area contributed by atoms with E-state index in [0.29, 0.717) is 75.5 Å². The molecule has 4 atom stereocenters. The minimum absolute atomic E-state index is 0.00305. The Hall–Kier alpha value is -3.32. The average molecular weight is 741 g/mol. The predicted octanol–water partition coefficient (Wildman–Crippen LogP) is 5.15. The maximum Gasteiger partial charge on any atom is 0.410 e. The number of hydrogen-bond donors (Lipinski definition) is 1. The number of sulfonamides is 1. The fourth-order valence-electron chi connectivity index (χ4n) is 8.53. The number of morpholine rings is 1. The van der Waals surface area contributed by atoms with Crippen LogP contribution in [0.25, 0.3) is 0 Å². The Morgan fingerprint density at radius 1 is 1.12 bits per heavy atom. The highest BCUT2D eigenvalue weighted by atomic mass is 35.5. The highest BCUT2D eigenvalue weighted by Gasteiger charge is 2.46.